The number of aryl methyl sites for hydroxylation is 4. The maximum absolute atomic E-state index is 13.4. The van der Waals surface area contributed by atoms with E-state index in [-0.39, 0.29) is 18.1 Å². The van der Waals surface area contributed by atoms with Crippen LogP contribution in [0.3, 0.4) is 0 Å². The number of aromatic nitrogens is 2. The lowest BCUT2D eigenvalue weighted by molar-refractivity contribution is 0.0943. The van der Waals surface area contributed by atoms with Crippen molar-refractivity contribution in [1.82, 2.24) is 19.4 Å². The van der Waals surface area contributed by atoms with Crippen molar-refractivity contribution in [3.8, 4) is 0 Å². The molecule has 32 heavy (non-hydrogen) atoms. The highest BCUT2D eigenvalue weighted by molar-refractivity contribution is 7.89. The highest BCUT2D eigenvalue weighted by Gasteiger charge is 2.34. The van der Waals surface area contributed by atoms with Crippen molar-refractivity contribution in [2.24, 2.45) is 7.05 Å². The molecule has 0 radical (unpaired) electrons. The second-order valence-corrected chi connectivity index (χ2v) is 10.3. The second-order valence-electron chi connectivity index (χ2n) is 8.43. The number of nitrogens with zero attached hydrogens (tertiary/aromatic N) is 3. The smallest absolute Gasteiger partial charge is 0.272 e. The first-order valence-corrected chi connectivity index (χ1v) is 12.1. The lowest BCUT2D eigenvalue weighted by atomic mass is 10.1. The zero-order valence-corrected chi connectivity index (χ0v) is 19.7. The van der Waals surface area contributed by atoms with Crippen LogP contribution in [0, 0.1) is 20.8 Å². The molecule has 1 amide bonds. The second kappa shape index (κ2) is 8.52. The van der Waals surface area contributed by atoms with Gasteiger partial charge >= 0.3 is 0 Å². The molecule has 8 heteroatoms. The van der Waals surface area contributed by atoms with Crippen LogP contribution < -0.4 is 5.32 Å². The molecule has 0 fully saturated rings. The number of hydrogen-bond acceptors (Lipinski definition) is 4. The summed E-state index contributed by atoms with van der Waals surface area (Å²) in [6.45, 7) is 6.62. The quantitative estimate of drug-likeness (QED) is 0.645. The maximum atomic E-state index is 13.4. The van der Waals surface area contributed by atoms with Crippen molar-refractivity contribution in [3.05, 3.63) is 81.7 Å². The molecule has 3 aromatic rings. The molecule has 2 aromatic carbocycles. The first-order chi connectivity index (χ1) is 15.2. The molecule has 1 aliphatic heterocycles. The largest absolute Gasteiger partial charge is 0.347 e. The molecule has 0 aliphatic carbocycles. The van der Waals surface area contributed by atoms with Crippen LogP contribution in [0.4, 0.5) is 0 Å². The van der Waals surface area contributed by atoms with E-state index in [2.05, 4.69) is 10.4 Å². The number of sulfonamides is 1. The average molecular weight is 453 g/mol. The summed E-state index contributed by atoms with van der Waals surface area (Å²) in [5.74, 6) is -0.297. The minimum Gasteiger partial charge on any atom is -0.347 e. The van der Waals surface area contributed by atoms with E-state index >= 15 is 0 Å². The van der Waals surface area contributed by atoms with Crippen LogP contribution in [0.1, 0.15) is 44.0 Å². The number of amides is 1. The monoisotopic (exact) mass is 452 g/mol. The van der Waals surface area contributed by atoms with E-state index < -0.39 is 10.0 Å². The van der Waals surface area contributed by atoms with Gasteiger partial charge in [-0.25, -0.2) is 8.42 Å². The van der Waals surface area contributed by atoms with Gasteiger partial charge in [-0.1, -0.05) is 47.5 Å². The molecule has 7 nitrogen and oxygen atoms in total. The normalized spacial score (nSPS) is 14.2. The lowest BCUT2D eigenvalue weighted by Gasteiger charge is -2.27. The Kier molecular flexibility index (Phi) is 5.92. The van der Waals surface area contributed by atoms with Gasteiger partial charge in [0.2, 0.25) is 10.0 Å². The fourth-order valence-corrected chi connectivity index (χ4v) is 5.89. The van der Waals surface area contributed by atoms with E-state index in [1.165, 1.54) is 4.31 Å². The fraction of sp³-hybridized carbons (Fsp3) is 0.333. The number of benzene rings is 2. The summed E-state index contributed by atoms with van der Waals surface area (Å²) in [4.78, 5) is 13.3. The third kappa shape index (κ3) is 4.20. The summed E-state index contributed by atoms with van der Waals surface area (Å²) < 4.78 is 29.9. The summed E-state index contributed by atoms with van der Waals surface area (Å²) in [5, 5.41) is 7.35. The van der Waals surface area contributed by atoms with Gasteiger partial charge in [0, 0.05) is 44.4 Å². The molecule has 0 saturated carbocycles. The van der Waals surface area contributed by atoms with Crippen LogP contribution in [-0.2, 0) is 36.6 Å². The van der Waals surface area contributed by atoms with Gasteiger partial charge in [0.25, 0.3) is 5.91 Å². The highest BCUT2D eigenvalue weighted by atomic mass is 32.2. The van der Waals surface area contributed by atoms with E-state index in [0.717, 1.165) is 27.9 Å². The number of carbonyl (C=O) groups excluding carboxylic acids is 1. The van der Waals surface area contributed by atoms with Crippen molar-refractivity contribution < 1.29 is 13.2 Å². The Labute approximate surface area is 189 Å². The Morgan fingerprint density at radius 2 is 1.84 bits per heavy atom. The predicted molar refractivity (Wildman–Crippen MR) is 123 cm³/mol. The van der Waals surface area contributed by atoms with Gasteiger partial charge in [-0.3, -0.25) is 9.48 Å². The summed E-state index contributed by atoms with van der Waals surface area (Å²) in [6.07, 6.45) is 0.508. The summed E-state index contributed by atoms with van der Waals surface area (Å²) in [5.41, 5.74) is 5.73. The first kappa shape index (κ1) is 22.2. The van der Waals surface area contributed by atoms with Gasteiger partial charge in [-0.2, -0.15) is 9.40 Å². The summed E-state index contributed by atoms with van der Waals surface area (Å²) >= 11 is 0. The van der Waals surface area contributed by atoms with Crippen molar-refractivity contribution in [2.45, 2.75) is 45.2 Å². The number of nitrogens with one attached hydrogen (secondary N) is 1. The molecule has 168 valence electrons. The Morgan fingerprint density at radius 3 is 2.56 bits per heavy atom. The van der Waals surface area contributed by atoms with Crippen molar-refractivity contribution in [2.75, 3.05) is 6.54 Å². The number of hydrogen-bond donors (Lipinski definition) is 1. The standard InChI is InChI=1S/C24H28N4O3S/c1-16-6-5-7-19(13-16)14-25-24(29)23-20-15-28(11-10-21(20)27(4)26-23)32(30,31)22-9-8-17(2)12-18(22)3/h5-9,12-13H,10-11,14-15H2,1-4H3,(H,25,29). The molecule has 1 aliphatic rings. The zero-order valence-electron chi connectivity index (χ0n) is 18.8. The molecule has 1 aromatic heterocycles. The van der Waals surface area contributed by atoms with Gasteiger partial charge in [-0.15, -0.1) is 0 Å². The number of carbonyl (C=O) groups is 1. The molecular formula is C24H28N4O3S. The van der Waals surface area contributed by atoms with Crippen LogP contribution in [-0.4, -0.2) is 35.0 Å². The van der Waals surface area contributed by atoms with E-state index in [1.54, 1.807) is 17.8 Å². The third-order valence-corrected chi connectivity index (χ3v) is 7.91. The Morgan fingerprint density at radius 1 is 1.09 bits per heavy atom. The minimum atomic E-state index is -3.68. The van der Waals surface area contributed by atoms with E-state index in [1.807, 2.05) is 57.2 Å². The van der Waals surface area contributed by atoms with E-state index in [4.69, 9.17) is 0 Å². The van der Waals surface area contributed by atoms with Gasteiger partial charge in [0.1, 0.15) is 0 Å². The van der Waals surface area contributed by atoms with Gasteiger partial charge in [0.15, 0.2) is 5.69 Å². The van der Waals surface area contributed by atoms with E-state index in [9.17, 15) is 13.2 Å². The Bertz CT molecular complexity index is 1290. The van der Waals surface area contributed by atoms with Gasteiger partial charge < -0.3 is 5.32 Å². The minimum absolute atomic E-state index is 0.131. The summed E-state index contributed by atoms with van der Waals surface area (Å²) in [6, 6.07) is 13.3. The third-order valence-electron chi connectivity index (χ3n) is 5.91. The molecule has 0 atom stereocenters. The molecule has 0 saturated heterocycles. The average Bonchev–Trinajstić information content (AvgIpc) is 3.08. The van der Waals surface area contributed by atoms with Crippen molar-refractivity contribution in [3.63, 3.8) is 0 Å². The predicted octanol–water partition coefficient (Wildman–Crippen LogP) is 3.02. The SMILES string of the molecule is Cc1cccc(CNC(=O)c2nn(C)c3c2CN(S(=O)(=O)c2ccc(C)cc2C)CC3)c1. The lowest BCUT2D eigenvalue weighted by Crippen LogP contribution is -2.37. The number of rotatable bonds is 5. The topological polar surface area (TPSA) is 84.3 Å². The zero-order chi connectivity index (χ0) is 23.0. The molecule has 4 rings (SSSR count). The Hall–Kier alpha value is -2.97. The summed E-state index contributed by atoms with van der Waals surface area (Å²) in [7, 11) is -1.88. The molecule has 1 N–H and O–H groups in total. The van der Waals surface area contributed by atoms with Crippen molar-refractivity contribution in [1.29, 1.82) is 0 Å². The molecule has 2 heterocycles. The highest BCUT2D eigenvalue weighted by Crippen LogP contribution is 2.28. The van der Waals surface area contributed by atoms with Crippen molar-refractivity contribution >= 4 is 15.9 Å². The first-order valence-electron chi connectivity index (χ1n) is 10.6. The molecule has 0 spiro atoms. The fourth-order valence-electron chi connectivity index (χ4n) is 4.27. The van der Waals surface area contributed by atoms with Crippen LogP contribution in [0.15, 0.2) is 47.4 Å². The van der Waals surface area contributed by atoms with Crippen LogP contribution in [0.5, 0.6) is 0 Å². The van der Waals surface area contributed by atoms with Gasteiger partial charge in [-0.05, 0) is 38.0 Å². The van der Waals surface area contributed by atoms with Crippen LogP contribution >= 0.6 is 0 Å². The molecule has 0 unspecified atom stereocenters. The maximum Gasteiger partial charge on any atom is 0.272 e. The molecule has 0 bridgehead atoms. The van der Waals surface area contributed by atoms with Crippen LogP contribution in [0.25, 0.3) is 0 Å². The Balaban J connectivity index is 1.58. The van der Waals surface area contributed by atoms with E-state index in [0.29, 0.717) is 30.0 Å². The number of fused-ring (bicyclic) bond motifs is 1. The molecular weight excluding hydrogens is 424 g/mol. The van der Waals surface area contributed by atoms with Crippen LogP contribution in [0.2, 0.25) is 0 Å². The van der Waals surface area contributed by atoms with Gasteiger partial charge in [0.05, 0.1) is 4.90 Å².